The van der Waals surface area contributed by atoms with Crippen molar-refractivity contribution < 1.29 is 9.18 Å². The number of halogens is 1. The molecule has 146 valence electrons. The number of thioether (sulfide) groups is 1. The summed E-state index contributed by atoms with van der Waals surface area (Å²) in [5, 5.41) is 4.11. The maximum absolute atomic E-state index is 13.9. The van der Waals surface area contributed by atoms with Crippen molar-refractivity contribution in [3.05, 3.63) is 102 Å². The Morgan fingerprint density at radius 1 is 0.931 bits per heavy atom. The summed E-state index contributed by atoms with van der Waals surface area (Å²) in [7, 11) is 0. The van der Waals surface area contributed by atoms with Gasteiger partial charge in [0, 0.05) is 46.4 Å². The van der Waals surface area contributed by atoms with Crippen LogP contribution < -0.4 is 5.32 Å². The summed E-state index contributed by atoms with van der Waals surface area (Å²) in [4.78, 5) is 13.3. The molecule has 1 aromatic heterocycles. The van der Waals surface area contributed by atoms with Gasteiger partial charge in [-0.05, 0) is 29.8 Å². The monoisotopic (exact) mass is 404 g/mol. The smallest absolute Gasteiger partial charge is 0.251 e. The Morgan fingerprint density at radius 2 is 1.66 bits per heavy atom. The van der Waals surface area contributed by atoms with Gasteiger partial charge in [0.15, 0.2) is 0 Å². The van der Waals surface area contributed by atoms with E-state index in [4.69, 9.17) is 0 Å². The summed E-state index contributed by atoms with van der Waals surface area (Å²) in [6.45, 7) is 1.20. The van der Waals surface area contributed by atoms with E-state index in [1.54, 1.807) is 30.0 Å². The number of carbonyl (C=O) groups excluding carboxylic acids is 1. The third kappa shape index (κ3) is 4.51. The van der Waals surface area contributed by atoms with E-state index in [-0.39, 0.29) is 11.7 Å². The lowest BCUT2D eigenvalue weighted by Gasteiger charge is -2.07. The molecule has 3 nitrogen and oxygen atoms in total. The van der Waals surface area contributed by atoms with Gasteiger partial charge in [0.25, 0.3) is 5.91 Å². The van der Waals surface area contributed by atoms with Gasteiger partial charge in [-0.3, -0.25) is 4.79 Å². The normalized spacial score (nSPS) is 10.9. The number of carbonyl (C=O) groups is 1. The molecule has 29 heavy (non-hydrogen) atoms. The standard InChI is InChI=1S/C24H21FN2OS/c25-21-12-6-4-10-19(21)17-29-23-16-27(22-13-7-5-11-20(22)23)15-14-26-24(28)18-8-2-1-3-9-18/h1-13,16H,14-15,17H2,(H,26,28). The van der Waals surface area contributed by atoms with Crippen molar-refractivity contribution in [3.8, 4) is 0 Å². The summed E-state index contributed by atoms with van der Waals surface area (Å²) in [5.41, 5.74) is 2.47. The second-order valence-electron chi connectivity index (χ2n) is 6.71. The number of nitrogens with zero attached hydrogens (tertiary/aromatic N) is 1. The molecule has 4 rings (SSSR count). The van der Waals surface area contributed by atoms with Crippen molar-refractivity contribution in [1.82, 2.24) is 9.88 Å². The number of fused-ring (bicyclic) bond motifs is 1. The van der Waals surface area contributed by atoms with E-state index in [1.165, 1.54) is 6.07 Å². The summed E-state index contributed by atoms with van der Waals surface area (Å²) in [6, 6.07) is 24.3. The van der Waals surface area contributed by atoms with Crippen LogP contribution in [0.3, 0.4) is 0 Å². The summed E-state index contributed by atoms with van der Waals surface area (Å²) >= 11 is 1.63. The van der Waals surface area contributed by atoms with E-state index < -0.39 is 0 Å². The van der Waals surface area contributed by atoms with E-state index in [0.29, 0.717) is 30.0 Å². The lowest BCUT2D eigenvalue weighted by Crippen LogP contribution is -2.26. The topological polar surface area (TPSA) is 34.0 Å². The quantitative estimate of drug-likeness (QED) is 0.413. The molecule has 0 unspecified atom stereocenters. The second kappa shape index (κ2) is 8.97. The van der Waals surface area contributed by atoms with Crippen molar-refractivity contribution >= 4 is 28.6 Å². The predicted molar refractivity (Wildman–Crippen MR) is 117 cm³/mol. The van der Waals surface area contributed by atoms with E-state index in [1.807, 2.05) is 42.5 Å². The van der Waals surface area contributed by atoms with E-state index >= 15 is 0 Å². The van der Waals surface area contributed by atoms with E-state index in [2.05, 4.69) is 28.2 Å². The Hall–Kier alpha value is -3.05. The summed E-state index contributed by atoms with van der Waals surface area (Å²) in [5.74, 6) is 0.328. The second-order valence-corrected chi connectivity index (χ2v) is 7.72. The highest BCUT2D eigenvalue weighted by molar-refractivity contribution is 7.98. The van der Waals surface area contributed by atoms with Crippen molar-refractivity contribution in [1.29, 1.82) is 0 Å². The molecule has 1 N–H and O–H groups in total. The molecule has 0 aliphatic carbocycles. The Labute approximate surface area is 173 Å². The van der Waals surface area contributed by atoms with Crippen molar-refractivity contribution in [2.24, 2.45) is 0 Å². The zero-order chi connectivity index (χ0) is 20.1. The van der Waals surface area contributed by atoms with Crippen LogP contribution in [0.4, 0.5) is 4.39 Å². The molecule has 1 heterocycles. The Kier molecular flexibility index (Phi) is 5.96. The molecule has 0 aliphatic heterocycles. The number of aromatic nitrogens is 1. The zero-order valence-electron chi connectivity index (χ0n) is 15.8. The first-order chi connectivity index (χ1) is 14.2. The maximum atomic E-state index is 13.9. The minimum atomic E-state index is -0.174. The third-order valence-corrected chi connectivity index (χ3v) is 5.86. The van der Waals surface area contributed by atoms with Gasteiger partial charge in [0.05, 0.1) is 0 Å². The number of amides is 1. The fourth-order valence-corrected chi connectivity index (χ4v) is 4.34. The van der Waals surface area contributed by atoms with Crippen LogP contribution in [0.2, 0.25) is 0 Å². The fourth-order valence-electron chi connectivity index (χ4n) is 3.27. The number of hydrogen-bond acceptors (Lipinski definition) is 2. The molecule has 0 bridgehead atoms. The van der Waals surface area contributed by atoms with Gasteiger partial charge in [-0.1, -0.05) is 54.6 Å². The first-order valence-corrected chi connectivity index (χ1v) is 10.5. The number of hydrogen-bond donors (Lipinski definition) is 1. The molecule has 0 atom stereocenters. The number of benzene rings is 3. The molecule has 0 saturated carbocycles. The first kappa shape index (κ1) is 19.3. The van der Waals surface area contributed by atoms with Gasteiger partial charge in [-0.25, -0.2) is 4.39 Å². The van der Waals surface area contributed by atoms with Gasteiger partial charge in [-0.15, -0.1) is 11.8 Å². The molecule has 0 saturated heterocycles. The van der Waals surface area contributed by atoms with Crippen LogP contribution >= 0.6 is 11.8 Å². The highest BCUT2D eigenvalue weighted by Gasteiger charge is 2.11. The third-order valence-electron chi connectivity index (χ3n) is 4.77. The molecule has 3 aromatic carbocycles. The molecule has 0 fully saturated rings. The van der Waals surface area contributed by atoms with Crippen LogP contribution in [-0.2, 0) is 12.3 Å². The molecular weight excluding hydrogens is 383 g/mol. The minimum absolute atomic E-state index is 0.0730. The highest BCUT2D eigenvalue weighted by atomic mass is 32.2. The van der Waals surface area contributed by atoms with Crippen LogP contribution in [0.5, 0.6) is 0 Å². The van der Waals surface area contributed by atoms with Crippen LogP contribution in [0.25, 0.3) is 10.9 Å². The minimum Gasteiger partial charge on any atom is -0.350 e. The average molecular weight is 405 g/mol. The molecule has 0 aliphatic rings. The lowest BCUT2D eigenvalue weighted by atomic mass is 10.2. The first-order valence-electron chi connectivity index (χ1n) is 9.50. The molecule has 4 aromatic rings. The van der Waals surface area contributed by atoms with Gasteiger partial charge < -0.3 is 9.88 Å². The van der Waals surface area contributed by atoms with Gasteiger partial charge in [0.1, 0.15) is 5.82 Å². The number of nitrogens with one attached hydrogen (secondary N) is 1. The van der Waals surface area contributed by atoms with Crippen molar-refractivity contribution in [3.63, 3.8) is 0 Å². The maximum Gasteiger partial charge on any atom is 0.251 e. The SMILES string of the molecule is O=C(NCCn1cc(SCc2ccccc2F)c2ccccc21)c1ccccc1. The largest absolute Gasteiger partial charge is 0.350 e. The van der Waals surface area contributed by atoms with Crippen LogP contribution in [0, 0.1) is 5.82 Å². The number of rotatable bonds is 7. The Morgan fingerprint density at radius 3 is 2.48 bits per heavy atom. The lowest BCUT2D eigenvalue weighted by molar-refractivity contribution is 0.0952. The molecule has 5 heteroatoms. The Bertz CT molecular complexity index is 1120. The van der Waals surface area contributed by atoms with Gasteiger partial charge >= 0.3 is 0 Å². The summed E-state index contributed by atoms with van der Waals surface area (Å²) in [6.07, 6.45) is 2.09. The van der Waals surface area contributed by atoms with E-state index in [9.17, 15) is 9.18 Å². The van der Waals surface area contributed by atoms with Crippen molar-refractivity contribution in [2.75, 3.05) is 6.54 Å². The highest BCUT2D eigenvalue weighted by Crippen LogP contribution is 2.32. The van der Waals surface area contributed by atoms with Crippen LogP contribution in [-0.4, -0.2) is 17.0 Å². The Balaban J connectivity index is 1.46. The molecular formula is C24H21FN2OS. The van der Waals surface area contributed by atoms with Gasteiger partial charge in [0.2, 0.25) is 0 Å². The fraction of sp³-hybridized carbons (Fsp3) is 0.125. The number of para-hydroxylation sites is 1. The summed E-state index contributed by atoms with van der Waals surface area (Å²) < 4.78 is 16.1. The molecule has 0 radical (unpaired) electrons. The van der Waals surface area contributed by atoms with Crippen LogP contribution in [0.15, 0.2) is 90.0 Å². The van der Waals surface area contributed by atoms with Crippen molar-refractivity contribution in [2.45, 2.75) is 17.2 Å². The average Bonchev–Trinajstić information content (AvgIpc) is 3.11. The van der Waals surface area contributed by atoms with Gasteiger partial charge in [-0.2, -0.15) is 0 Å². The predicted octanol–water partition coefficient (Wildman–Crippen LogP) is 5.50. The molecule has 1 amide bonds. The van der Waals surface area contributed by atoms with Crippen LogP contribution in [0.1, 0.15) is 15.9 Å². The zero-order valence-corrected chi connectivity index (χ0v) is 16.7. The molecule has 0 spiro atoms. The van der Waals surface area contributed by atoms with E-state index in [0.717, 1.165) is 15.8 Å².